The lowest BCUT2D eigenvalue weighted by atomic mass is 10.3. The molecule has 1 saturated heterocycles. The minimum atomic E-state index is -0.0645. The maximum absolute atomic E-state index is 12.5. The summed E-state index contributed by atoms with van der Waals surface area (Å²) >= 11 is 0. The number of nitrogens with zero attached hydrogens (tertiary/aromatic N) is 3. The topological polar surface area (TPSA) is 57.7 Å². The van der Waals surface area contributed by atoms with Gasteiger partial charge < -0.3 is 19.9 Å². The van der Waals surface area contributed by atoms with Gasteiger partial charge in [0, 0.05) is 38.1 Å². The molecule has 1 aliphatic rings. The number of pyridine rings is 1. The van der Waals surface area contributed by atoms with E-state index in [0.717, 1.165) is 49.8 Å². The van der Waals surface area contributed by atoms with Gasteiger partial charge in [0.05, 0.1) is 6.61 Å². The van der Waals surface area contributed by atoms with Crippen LogP contribution in [0.5, 0.6) is 5.75 Å². The van der Waals surface area contributed by atoms with Gasteiger partial charge in [0.15, 0.2) is 0 Å². The van der Waals surface area contributed by atoms with Crippen molar-refractivity contribution in [1.29, 1.82) is 0 Å². The summed E-state index contributed by atoms with van der Waals surface area (Å²) in [6.45, 7) is 5.80. The molecule has 0 radical (unpaired) electrons. The van der Waals surface area contributed by atoms with E-state index in [9.17, 15) is 4.79 Å². The van der Waals surface area contributed by atoms with E-state index >= 15 is 0 Å². The molecule has 2 aromatic rings. The fourth-order valence-corrected chi connectivity index (χ4v) is 2.85. The summed E-state index contributed by atoms with van der Waals surface area (Å²) in [6.07, 6.45) is 3.95. The molecule has 2 heterocycles. The first-order valence-corrected chi connectivity index (χ1v) is 9.21. The molecule has 3 rings (SSSR count). The van der Waals surface area contributed by atoms with Crippen LogP contribution in [0.4, 0.5) is 16.3 Å². The first-order chi connectivity index (χ1) is 12.8. The van der Waals surface area contributed by atoms with Crippen molar-refractivity contribution < 1.29 is 9.53 Å². The number of hydrogen-bond donors (Lipinski definition) is 1. The van der Waals surface area contributed by atoms with Crippen LogP contribution >= 0.6 is 0 Å². The number of urea groups is 1. The van der Waals surface area contributed by atoms with Crippen LogP contribution in [0.2, 0.25) is 0 Å². The molecule has 6 nitrogen and oxygen atoms in total. The number of carbonyl (C=O) groups excluding carboxylic acids is 1. The molecule has 0 saturated carbocycles. The number of unbranched alkanes of at least 4 members (excludes halogenated alkanes) is 1. The summed E-state index contributed by atoms with van der Waals surface area (Å²) in [4.78, 5) is 20.9. The lowest BCUT2D eigenvalue weighted by Crippen LogP contribution is -2.50. The molecule has 0 atom stereocenters. The Balaban J connectivity index is 1.47. The van der Waals surface area contributed by atoms with Crippen LogP contribution in [0, 0.1) is 0 Å². The quantitative estimate of drug-likeness (QED) is 0.805. The monoisotopic (exact) mass is 354 g/mol. The molecule has 26 heavy (non-hydrogen) atoms. The maximum atomic E-state index is 12.5. The average Bonchev–Trinajstić information content (AvgIpc) is 2.70. The van der Waals surface area contributed by atoms with Crippen LogP contribution in [0.3, 0.4) is 0 Å². The molecule has 1 fully saturated rings. The number of anilines is 2. The Bertz CT molecular complexity index is 683. The Morgan fingerprint density at radius 3 is 2.54 bits per heavy atom. The van der Waals surface area contributed by atoms with Gasteiger partial charge in [-0.3, -0.25) is 0 Å². The molecule has 1 N–H and O–H groups in total. The zero-order chi connectivity index (χ0) is 18.2. The molecule has 2 amide bonds. The van der Waals surface area contributed by atoms with Crippen molar-refractivity contribution in [3.05, 3.63) is 48.7 Å². The number of benzene rings is 1. The number of nitrogens with one attached hydrogen (secondary N) is 1. The SMILES string of the molecule is CCCCOc1ccc(NC(=O)N2CCN(c3ccccn3)CC2)cc1. The van der Waals surface area contributed by atoms with E-state index < -0.39 is 0 Å². The number of aromatic nitrogens is 1. The highest BCUT2D eigenvalue weighted by atomic mass is 16.5. The second-order valence-electron chi connectivity index (χ2n) is 6.32. The predicted octanol–water partition coefficient (Wildman–Crippen LogP) is 3.61. The summed E-state index contributed by atoms with van der Waals surface area (Å²) in [6, 6.07) is 13.4. The van der Waals surface area contributed by atoms with E-state index in [4.69, 9.17) is 4.74 Å². The van der Waals surface area contributed by atoms with Gasteiger partial charge in [0.1, 0.15) is 11.6 Å². The van der Waals surface area contributed by atoms with E-state index in [1.165, 1.54) is 0 Å². The smallest absolute Gasteiger partial charge is 0.321 e. The van der Waals surface area contributed by atoms with Crippen LogP contribution in [0.1, 0.15) is 19.8 Å². The van der Waals surface area contributed by atoms with Crippen molar-refractivity contribution in [3.8, 4) is 5.75 Å². The highest BCUT2D eigenvalue weighted by Crippen LogP contribution is 2.17. The van der Waals surface area contributed by atoms with Crippen molar-refractivity contribution in [1.82, 2.24) is 9.88 Å². The molecule has 0 unspecified atom stereocenters. The first-order valence-electron chi connectivity index (χ1n) is 9.21. The Hall–Kier alpha value is -2.76. The third kappa shape index (κ3) is 4.88. The van der Waals surface area contributed by atoms with E-state index in [1.54, 1.807) is 6.20 Å². The van der Waals surface area contributed by atoms with Gasteiger partial charge in [-0.1, -0.05) is 19.4 Å². The Morgan fingerprint density at radius 2 is 1.88 bits per heavy atom. The minimum absolute atomic E-state index is 0.0645. The van der Waals surface area contributed by atoms with E-state index in [0.29, 0.717) is 13.1 Å². The highest BCUT2D eigenvalue weighted by Gasteiger charge is 2.21. The standard InChI is InChI=1S/C20H26N4O2/c1-2-3-16-26-18-9-7-17(8-10-18)22-20(25)24-14-12-23(13-15-24)19-6-4-5-11-21-19/h4-11H,2-3,12-16H2,1H3,(H,22,25). The Morgan fingerprint density at radius 1 is 1.12 bits per heavy atom. The molecule has 1 aliphatic heterocycles. The predicted molar refractivity (Wildman–Crippen MR) is 104 cm³/mol. The minimum Gasteiger partial charge on any atom is -0.494 e. The van der Waals surface area contributed by atoms with Gasteiger partial charge in [-0.05, 0) is 42.8 Å². The van der Waals surface area contributed by atoms with Gasteiger partial charge in [-0.25, -0.2) is 9.78 Å². The third-order valence-corrected chi connectivity index (χ3v) is 4.41. The summed E-state index contributed by atoms with van der Waals surface area (Å²) in [5, 5.41) is 2.96. The van der Waals surface area contributed by atoms with Crippen molar-refractivity contribution in [2.24, 2.45) is 0 Å². The van der Waals surface area contributed by atoms with Gasteiger partial charge in [0.2, 0.25) is 0 Å². The van der Waals surface area contributed by atoms with Crippen LogP contribution in [0.25, 0.3) is 0 Å². The van der Waals surface area contributed by atoms with E-state index in [-0.39, 0.29) is 6.03 Å². The fraction of sp³-hybridized carbons (Fsp3) is 0.400. The fourth-order valence-electron chi connectivity index (χ4n) is 2.85. The van der Waals surface area contributed by atoms with Crippen LogP contribution in [0.15, 0.2) is 48.7 Å². The molecular formula is C20H26N4O2. The second-order valence-corrected chi connectivity index (χ2v) is 6.32. The highest BCUT2D eigenvalue weighted by molar-refractivity contribution is 5.89. The van der Waals surface area contributed by atoms with E-state index in [1.807, 2.05) is 47.4 Å². The average molecular weight is 354 g/mol. The van der Waals surface area contributed by atoms with Gasteiger partial charge in [-0.15, -0.1) is 0 Å². The molecule has 0 bridgehead atoms. The zero-order valence-corrected chi connectivity index (χ0v) is 15.2. The number of piperazine rings is 1. The lowest BCUT2D eigenvalue weighted by Gasteiger charge is -2.35. The van der Waals surface area contributed by atoms with Crippen molar-refractivity contribution >= 4 is 17.5 Å². The molecule has 1 aromatic carbocycles. The maximum Gasteiger partial charge on any atom is 0.321 e. The van der Waals surface area contributed by atoms with Crippen LogP contribution in [-0.2, 0) is 0 Å². The Labute approximate surface area is 154 Å². The van der Waals surface area contributed by atoms with Crippen molar-refractivity contribution in [3.63, 3.8) is 0 Å². The normalized spacial score (nSPS) is 14.2. The van der Waals surface area contributed by atoms with Gasteiger partial charge in [0.25, 0.3) is 0 Å². The number of ether oxygens (including phenoxy) is 1. The largest absolute Gasteiger partial charge is 0.494 e. The molecule has 0 spiro atoms. The van der Waals surface area contributed by atoms with E-state index in [2.05, 4.69) is 22.1 Å². The molecular weight excluding hydrogens is 328 g/mol. The van der Waals surface area contributed by atoms with Gasteiger partial charge in [-0.2, -0.15) is 0 Å². The summed E-state index contributed by atoms with van der Waals surface area (Å²) in [7, 11) is 0. The number of rotatable bonds is 6. The van der Waals surface area contributed by atoms with Crippen LogP contribution < -0.4 is 15.0 Å². The summed E-state index contributed by atoms with van der Waals surface area (Å²) in [5.41, 5.74) is 0.782. The second kappa shape index (κ2) is 9.08. The summed E-state index contributed by atoms with van der Waals surface area (Å²) in [5.74, 6) is 1.80. The molecule has 138 valence electrons. The van der Waals surface area contributed by atoms with Crippen molar-refractivity contribution in [2.75, 3.05) is 43.0 Å². The number of amides is 2. The lowest BCUT2D eigenvalue weighted by molar-refractivity contribution is 0.208. The van der Waals surface area contributed by atoms with Crippen molar-refractivity contribution in [2.45, 2.75) is 19.8 Å². The molecule has 1 aromatic heterocycles. The van der Waals surface area contributed by atoms with Gasteiger partial charge >= 0.3 is 6.03 Å². The molecule has 0 aliphatic carbocycles. The number of hydrogen-bond acceptors (Lipinski definition) is 4. The third-order valence-electron chi connectivity index (χ3n) is 4.41. The van der Waals surface area contributed by atoms with Crippen LogP contribution in [-0.4, -0.2) is 48.7 Å². The first kappa shape index (κ1) is 18.0. The number of carbonyl (C=O) groups is 1. The molecule has 6 heteroatoms. The zero-order valence-electron chi connectivity index (χ0n) is 15.2. The summed E-state index contributed by atoms with van der Waals surface area (Å²) < 4.78 is 5.64. The Kier molecular flexibility index (Phi) is 6.30.